The molecule has 0 saturated carbocycles. The molecule has 0 aromatic carbocycles. The molecule has 0 bridgehead atoms. The Morgan fingerprint density at radius 3 is 1.93 bits per heavy atom. The number of hydrogen-bond donors (Lipinski definition) is 1. The predicted molar refractivity (Wildman–Crippen MR) is 60.3 cm³/mol. The third-order valence-corrected chi connectivity index (χ3v) is 2.43. The summed E-state index contributed by atoms with van der Waals surface area (Å²) in [5, 5.41) is 3.05. The number of rotatable bonds is 6. The lowest BCUT2D eigenvalue weighted by atomic mass is 10.0. The van der Waals surface area contributed by atoms with Crippen molar-refractivity contribution in [3.63, 3.8) is 0 Å². The second kappa shape index (κ2) is 6.02. The molecule has 0 aliphatic rings. The highest BCUT2D eigenvalue weighted by atomic mass is 16.2. The minimum absolute atomic E-state index is 0.198. The molecular formula is C11H24N2O. The average molecular weight is 200 g/mol. The Bertz CT molecular complexity index is 172. The maximum Gasteiger partial charge on any atom is 0.242 e. The number of amides is 1. The van der Waals surface area contributed by atoms with E-state index in [-0.39, 0.29) is 5.91 Å². The Morgan fingerprint density at radius 1 is 1.21 bits per heavy atom. The average Bonchev–Trinajstić information content (AvgIpc) is 2.16. The molecule has 0 aromatic rings. The lowest BCUT2D eigenvalue weighted by Gasteiger charge is -2.31. The van der Waals surface area contributed by atoms with Gasteiger partial charge in [0.15, 0.2) is 0 Å². The van der Waals surface area contributed by atoms with E-state index >= 15 is 0 Å². The Labute approximate surface area is 87.9 Å². The smallest absolute Gasteiger partial charge is 0.242 e. The third-order valence-electron chi connectivity index (χ3n) is 2.43. The first-order valence-corrected chi connectivity index (χ1v) is 5.47. The molecule has 0 saturated heterocycles. The molecule has 0 atom stereocenters. The van der Waals surface area contributed by atoms with Crippen molar-refractivity contribution < 1.29 is 4.79 Å². The van der Waals surface area contributed by atoms with Gasteiger partial charge in [-0.2, -0.15) is 0 Å². The molecule has 0 unspecified atom stereocenters. The summed E-state index contributed by atoms with van der Waals surface area (Å²) >= 11 is 0. The van der Waals surface area contributed by atoms with Crippen LogP contribution in [0.15, 0.2) is 0 Å². The number of nitrogens with zero attached hydrogens (tertiary/aromatic N) is 1. The van der Waals surface area contributed by atoms with E-state index in [0.717, 1.165) is 25.9 Å². The largest absolute Gasteiger partial charge is 0.341 e. The molecule has 0 radical (unpaired) electrons. The van der Waals surface area contributed by atoms with Gasteiger partial charge in [-0.1, -0.05) is 13.8 Å². The minimum atomic E-state index is -0.440. The van der Waals surface area contributed by atoms with Crippen LogP contribution in [0.3, 0.4) is 0 Å². The van der Waals surface area contributed by atoms with Crippen molar-refractivity contribution >= 4 is 5.91 Å². The van der Waals surface area contributed by atoms with Gasteiger partial charge >= 0.3 is 0 Å². The molecule has 0 aliphatic heterocycles. The second-order valence-corrected chi connectivity index (χ2v) is 4.17. The molecule has 84 valence electrons. The van der Waals surface area contributed by atoms with Crippen molar-refractivity contribution in [3.8, 4) is 0 Å². The topological polar surface area (TPSA) is 32.3 Å². The van der Waals surface area contributed by atoms with Crippen LogP contribution in [-0.2, 0) is 4.79 Å². The van der Waals surface area contributed by atoms with E-state index in [9.17, 15) is 4.79 Å². The first kappa shape index (κ1) is 13.4. The zero-order chi connectivity index (χ0) is 11.2. The van der Waals surface area contributed by atoms with Crippen molar-refractivity contribution in [2.24, 2.45) is 0 Å². The highest BCUT2D eigenvalue weighted by Gasteiger charge is 2.29. The lowest BCUT2D eigenvalue weighted by molar-refractivity contribution is -0.137. The molecule has 0 spiro atoms. The molecular weight excluding hydrogens is 176 g/mol. The van der Waals surface area contributed by atoms with E-state index in [2.05, 4.69) is 19.2 Å². The fourth-order valence-corrected chi connectivity index (χ4v) is 1.36. The summed E-state index contributed by atoms with van der Waals surface area (Å²) in [4.78, 5) is 14.0. The first-order valence-electron chi connectivity index (χ1n) is 5.47. The molecule has 0 aromatic heterocycles. The Morgan fingerprint density at radius 2 is 1.64 bits per heavy atom. The van der Waals surface area contributed by atoms with E-state index in [0.29, 0.717) is 0 Å². The zero-order valence-electron chi connectivity index (χ0n) is 10.2. The summed E-state index contributed by atoms with van der Waals surface area (Å²) < 4.78 is 0. The van der Waals surface area contributed by atoms with E-state index in [1.54, 1.807) is 0 Å². The van der Waals surface area contributed by atoms with Gasteiger partial charge in [0.25, 0.3) is 0 Å². The van der Waals surface area contributed by atoms with Gasteiger partial charge in [0, 0.05) is 13.1 Å². The van der Waals surface area contributed by atoms with Crippen LogP contribution < -0.4 is 5.32 Å². The molecule has 0 heterocycles. The molecule has 1 N–H and O–H groups in total. The van der Waals surface area contributed by atoms with Crippen molar-refractivity contribution in [2.75, 3.05) is 20.1 Å². The molecule has 3 nitrogen and oxygen atoms in total. The predicted octanol–water partition coefficient (Wildman–Crippen LogP) is 1.63. The number of hydrogen-bond acceptors (Lipinski definition) is 2. The SMILES string of the molecule is CCCN(CCC)C(=O)C(C)(C)NC. The Hall–Kier alpha value is -0.570. The van der Waals surface area contributed by atoms with Crippen LogP contribution in [0.4, 0.5) is 0 Å². The summed E-state index contributed by atoms with van der Waals surface area (Å²) in [5.41, 5.74) is -0.440. The maximum absolute atomic E-state index is 12.0. The van der Waals surface area contributed by atoms with E-state index in [4.69, 9.17) is 0 Å². The number of likely N-dealkylation sites (N-methyl/N-ethyl adjacent to an activating group) is 1. The van der Waals surface area contributed by atoms with Crippen molar-refractivity contribution in [2.45, 2.75) is 46.1 Å². The highest BCUT2D eigenvalue weighted by Crippen LogP contribution is 2.08. The molecule has 14 heavy (non-hydrogen) atoms. The molecule has 0 aliphatic carbocycles. The maximum atomic E-state index is 12.0. The zero-order valence-corrected chi connectivity index (χ0v) is 10.2. The first-order chi connectivity index (χ1) is 6.49. The van der Waals surface area contributed by atoms with Gasteiger partial charge < -0.3 is 10.2 Å². The Kier molecular flexibility index (Phi) is 5.77. The van der Waals surface area contributed by atoms with Crippen molar-refractivity contribution in [1.82, 2.24) is 10.2 Å². The van der Waals surface area contributed by atoms with Crippen LogP contribution >= 0.6 is 0 Å². The monoisotopic (exact) mass is 200 g/mol. The summed E-state index contributed by atoms with van der Waals surface area (Å²) in [5.74, 6) is 0.198. The van der Waals surface area contributed by atoms with E-state index < -0.39 is 5.54 Å². The van der Waals surface area contributed by atoms with E-state index in [1.165, 1.54) is 0 Å². The molecule has 0 rings (SSSR count). The van der Waals surface area contributed by atoms with Crippen LogP contribution in [-0.4, -0.2) is 36.5 Å². The van der Waals surface area contributed by atoms with E-state index in [1.807, 2.05) is 25.8 Å². The number of nitrogens with one attached hydrogen (secondary N) is 1. The van der Waals surface area contributed by atoms with Gasteiger partial charge in [0.2, 0.25) is 5.91 Å². The van der Waals surface area contributed by atoms with Crippen LogP contribution in [0.2, 0.25) is 0 Å². The molecule has 0 fully saturated rings. The molecule has 1 amide bonds. The quantitative estimate of drug-likeness (QED) is 0.707. The minimum Gasteiger partial charge on any atom is -0.341 e. The second-order valence-electron chi connectivity index (χ2n) is 4.17. The fourth-order valence-electron chi connectivity index (χ4n) is 1.36. The fraction of sp³-hybridized carbons (Fsp3) is 0.909. The van der Waals surface area contributed by atoms with Crippen LogP contribution in [0.1, 0.15) is 40.5 Å². The van der Waals surface area contributed by atoms with Gasteiger partial charge in [-0.3, -0.25) is 4.79 Å². The van der Waals surface area contributed by atoms with Crippen LogP contribution in [0.25, 0.3) is 0 Å². The standard InChI is InChI=1S/C11H24N2O/c1-6-8-13(9-7-2)10(14)11(3,4)12-5/h12H,6-9H2,1-5H3. The van der Waals surface area contributed by atoms with Gasteiger partial charge in [-0.05, 0) is 33.7 Å². The lowest BCUT2D eigenvalue weighted by Crippen LogP contribution is -2.53. The van der Waals surface area contributed by atoms with Crippen LogP contribution in [0.5, 0.6) is 0 Å². The number of carbonyl (C=O) groups is 1. The van der Waals surface area contributed by atoms with Crippen LogP contribution in [0, 0.1) is 0 Å². The Balaban J connectivity index is 4.41. The summed E-state index contributed by atoms with van der Waals surface area (Å²) in [7, 11) is 1.83. The molecule has 3 heteroatoms. The summed E-state index contributed by atoms with van der Waals surface area (Å²) in [6, 6.07) is 0. The summed E-state index contributed by atoms with van der Waals surface area (Å²) in [6.07, 6.45) is 2.04. The normalized spacial score (nSPS) is 11.5. The van der Waals surface area contributed by atoms with Gasteiger partial charge in [-0.25, -0.2) is 0 Å². The van der Waals surface area contributed by atoms with Crippen molar-refractivity contribution in [1.29, 1.82) is 0 Å². The van der Waals surface area contributed by atoms with Gasteiger partial charge in [0.1, 0.15) is 0 Å². The van der Waals surface area contributed by atoms with Gasteiger partial charge in [-0.15, -0.1) is 0 Å². The summed E-state index contributed by atoms with van der Waals surface area (Å²) in [6.45, 7) is 9.77. The third kappa shape index (κ3) is 3.66. The number of carbonyl (C=O) groups excluding carboxylic acids is 1. The van der Waals surface area contributed by atoms with Crippen molar-refractivity contribution in [3.05, 3.63) is 0 Å². The van der Waals surface area contributed by atoms with Gasteiger partial charge in [0.05, 0.1) is 5.54 Å². The highest BCUT2D eigenvalue weighted by molar-refractivity contribution is 5.85.